The number of ether oxygens (including phenoxy) is 1. The van der Waals surface area contributed by atoms with Crippen LogP contribution in [0.4, 0.5) is 0 Å². The van der Waals surface area contributed by atoms with Gasteiger partial charge in [-0.2, -0.15) is 0 Å². The van der Waals surface area contributed by atoms with Gasteiger partial charge in [-0.3, -0.25) is 4.99 Å². The molecule has 140 valence electrons. The zero-order chi connectivity index (χ0) is 18.1. The molecule has 0 aromatic heterocycles. The van der Waals surface area contributed by atoms with E-state index in [1.807, 2.05) is 26.1 Å². The third-order valence-electron chi connectivity index (χ3n) is 4.60. The summed E-state index contributed by atoms with van der Waals surface area (Å²) in [7, 11) is 3.93. The van der Waals surface area contributed by atoms with Gasteiger partial charge in [-0.1, -0.05) is 19.1 Å². The molecular weight excluding hydrogens is 312 g/mol. The first-order valence-electron chi connectivity index (χ1n) is 9.48. The number of rotatable bonds is 8. The van der Waals surface area contributed by atoms with Crippen molar-refractivity contribution in [1.82, 2.24) is 15.1 Å². The summed E-state index contributed by atoms with van der Waals surface area (Å²) in [6.45, 7) is 10.5. The van der Waals surface area contributed by atoms with E-state index >= 15 is 0 Å². The Morgan fingerprint density at radius 3 is 2.56 bits per heavy atom. The van der Waals surface area contributed by atoms with E-state index in [0.29, 0.717) is 12.5 Å². The minimum atomic E-state index is 0.619. The highest BCUT2D eigenvalue weighted by molar-refractivity contribution is 5.79. The van der Waals surface area contributed by atoms with E-state index < -0.39 is 0 Å². The van der Waals surface area contributed by atoms with Gasteiger partial charge in [0.05, 0.1) is 6.61 Å². The highest BCUT2D eigenvalue weighted by Gasteiger charge is 2.15. The Kier molecular flexibility index (Phi) is 8.06. The van der Waals surface area contributed by atoms with Crippen molar-refractivity contribution in [2.24, 2.45) is 10.9 Å². The minimum Gasteiger partial charge on any atom is -0.494 e. The topological polar surface area (TPSA) is 40.1 Å². The Hall–Kier alpha value is -1.75. The number of aliphatic imine (C=N–C) groups is 1. The van der Waals surface area contributed by atoms with E-state index in [0.717, 1.165) is 24.8 Å². The van der Waals surface area contributed by atoms with Crippen molar-refractivity contribution < 1.29 is 4.74 Å². The zero-order valence-electron chi connectivity index (χ0n) is 16.3. The van der Waals surface area contributed by atoms with Gasteiger partial charge in [-0.05, 0) is 56.5 Å². The Labute approximate surface area is 153 Å². The van der Waals surface area contributed by atoms with Crippen LogP contribution < -0.4 is 10.1 Å². The van der Waals surface area contributed by atoms with Crippen molar-refractivity contribution in [2.75, 3.05) is 46.9 Å². The molecule has 0 spiro atoms. The predicted molar refractivity (Wildman–Crippen MR) is 105 cm³/mol. The zero-order valence-corrected chi connectivity index (χ0v) is 16.3. The van der Waals surface area contributed by atoms with E-state index in [4.69, 9.17) is 4.74 Å². The maximum atomic E-state index is 5.50. The number of nitrogens with one attached hydrogen (secondary N) is 1. The molecule has 1 unspecified atom stereocenters. The lowest BCUT2D eigenvalue weighted by Gasteiger charge is -2.25. The Balaban J connectivity index is 1.78. The summed E-state index contributed by atoms with van der Waals surface area (Å²) in [5, 5.41) is 3.52. The van der Waals surface area contributed by atoms with E-state index in [9.17, 15) is 0 Å². The molecule has 1 atom stereocenters. The molecule has 1 heterocycles. The molecule has 1 aliphatic heterocycles. The summed E-state index contributed by atoms with van der Waals surface area (Å²) in [6, 6.07) is 8.29. The van der Waals surface area contributed by atoms with Crippen LogP contribution in [0, 0.1) is 5.92 Å². The van der Waals surface area contributed by atoms with Crippen molar-refractivity contribution in [3.8, 4) is 5.75 Å². The molecular formula is C20H34N4O. The van der Waals surface area contributed by atoms with Crippen molar-refractivity contribution in [3.05, 3.63) is 29.8 Å². The van der Waals surface area contributed by atoms with E-state index in [2.05, 4.69) is 46.2 Å². The van der Waals surface area contributed by atoms with Crippen LogP contribution in [0.5, 0.6) is 5.75 Å². The van der Waals surface area contributed by atoms with Crippen LogP contribution in [0.2, 0.25) is 0 Å². The van der Waals surface area contributed by atoms with Gasteiger partial charge < -0.3 is 19.9 Å². The molecule has 5 nitrogen and oxygen atoms in total. The second-order valence-electron chi connectivity index (χ2n) is 6.97. The van der Waals surface area contributed by atoms with Gasteiger partial charge in [-0.25, -0.2) is 0 Å². The summed E-state index contributed by atoms with van der Waals surface area (Å²) < 4.78 is 5.50. The summed E-state index contributed by atoms with van der Waals surface area (Å²) in [5.74, 6) is 2.49. The van der Waals surface area contributed by atoms with Crippen LogP contribution in [-0.4, -0.2) is 62.6 Å². The summed E-state index contributed by atoms with van der Waals surface area (Å²) in [4.78, 5) is 9.16. The molecule has 1 saturated heterocycles. The molecule has 5 heteroatoms. The molecule has 0 radical (unpaired) electrons. The molecule has 0 bridgehead atoms. The summed E-state index contributed by atoms with van der Waals surface area (Å²) >= 11 is 0. The first-order chi connectivity index (χ1) is 12.1. The number of guanidine groups is 1. The molecule has 1 N–H and O–H groups in total. The second kappa shape index (κ2) is 10.3. The maximum Gasteiger partial charge on any atom is 0.193 e. The highest BCUT2D eigenvalue weighted by atomic mass is 16.5. The Morgan fingerprint density at radius 2 is 1.96 bits per heavy atom. The summed E-state index contributed by atoms with van der Waals surface area (Å²) in [6.07, 6.45) is 2.71. The number of nitrogens with zero attached hydrogens (tertiary/aromatic N) is 3. The van der Waals surface area contributed by atoms with Gasteiger partial charge in [0.2, 0.25) is 0 Å². The van der Waals surface area contributed by atoms with Gasteiger partial charge in [0, 0.05) is 33.7 Å². The molecule has 1 aliphatic rings. The van der Waals surface area contributed by atoms with Crippen LogP contribution in [0.3, 0.4) is 0 Å². The standard InChI is InChI=1S/C20H34N4O/c1-5-25-19-10-8-18(9-11-19)16-23(4)20(21-3)22-14-17(2)15-24-12-6-7-13-24/h8-11,17H,5-7,12-16H2,1-4H3,(H,21,22). The quantitative estimate of drug-likeness (QED) is 0.580. The fourth-order valence-corrected chi connectivity index (χ4v) is 3.33. The molecule has 0 saturated carbocycles. The van der Waals surface area contributed by atoms with Gasteiger partial charge >= 0.3 is 0 Å². The number of benzene rings is 1. The first kappa shape index (κ1) is 19.6. The van der Waals surface area contributed by atoms with Crippen LogP contribution in [-0.2, 0) is 6.54 Å². The minimum absolute atomic E-state index is 0.619. The average molecular weight is 347 g/mol. The third kappa shape index (κ3) is 6.58. The Morgan fingerprint density at radius 1 is 1.28 bits per heavy atom. The smallest absolute Gasteiger partial charge is 0.193 e. The molecule has 1 aromatic rings. The van der Waals surface area contributed by atoms with Crippen molar-refractivity contribution in [3.63, 3.8) is 0 Å². The monoisotopic (exact) mass is 346 g/mol. The fourth-order valence-electron chi connectivity index (χ4n) is 3.33. The SMILES string of the molecule is CCOc1ccc(CN(C)C(=NC)NCC(C)CN2CCCC2)cc1. The lowest BCUT2D eigenvalue weighted by molar-refractivity contribution is 0.286. The maximum absolute atomic E-state index is 5.50. The summed E-state index contributed by atoms with van der Waals surface area (Å²) in [5.41, 5.74) is 1.25. The van der Waals surface area contributed by atoms with Crippen molar-refractivity contribution >= 4 is 5.96 Å². The lowest BCUT2D eigenvalue weighted by atomic mass is 10.1. The van der Waals surface area contributed by atoms with E-state index in [1.54, 1.807) is 0 Å². The van der Waals surface area contributed by atoms with Gasteiger partial charge in [0.25, 0.3) is 0 Å². The number of hydrogen-bond donors (Lipinski definition) is 1. The van der Waals surface area contributed by atoms with Crippen LogP contribution in [0.25, 0.3) is 0 Å². The van der Waals surface area contributed by atoms with E-state index in [-0.39, 0.29) is 0 Å². The number of hydrogen-bond acceptors (Lipinski definition) is 3. The van der Waals surface area contributed by atoms with Gasteiger partial charge in [0.1, 0.15) is 5.75 Å². The normalized spacial score (nSPS) is 16.7. The second-order valence-corrected chi connectivity index (χ2v) is 6.97. The molecule has 0 aliphatic carbocycles. The fraction of sp³-hybridized carbons (Fsp3) is 0.650. The van der Waals surface area contributed by atoms with Crippen LogP contribution in [0.1, 0.15) is 32.3 Å². The van der Waals surface area contributed by atoms with Crippen molar-refractivity contribution in [2.45, 2.75) is 33.2 Å². The lowest BCUT2D eigenvalue weighted by Crippen LogP contribution is -2.42. The predicted octanol–water partition coefficient (Wildman–Crippen LogP) is 2.82. The van der Waals surface area contributed by atoms with Gasteiger partial charge in [-0.15, -0.1) is 0 Å². The molecule has 1 fully saturated rings. The number of likely N-dealkylation sites (tertiary alicyclic amines) is 1. The first-order valence-corrected chi connectivity index (χ1v) is 9.48. The van der Waals surface area contributed by atoms with Crippen LogP contribution in [0.15, 0.2) is 29.3 Å². The van der Waals surface area contributed by atoms with Crippen LogP contribution >= 0.6 is 0 Å². The average Bonchev–Trinajstić information content (AvgIpc) is 3.10. The van der Waals surface area contributed by atoms with E-state index in [1.165, 1.54) is 38.0 Å². The highest BCUT2D eigenvalue weighted by Crippen LogP contribution is 2.13. The molecule has 25 heavy (non-hydrogen) atoms. The molecule has 1 aromatic carbocycles. The largest absolute Gasteiger partial charge is 0.494 e. The van der Waals surface area contributed by atoms with Crippen molar-refractivity contribution in [1.29, 1.82) is 0 Å². The van der Waals surface area contributed by atoms with Gasteiger partial charge in [0.15, 0.2) is 5.96 Å². The molecule has 0 amide bonds. The molecule has 2 rings (SSSR count). The Bertz CT molecular complexity index is 523. The third-order valence-corrected chi connectivity index (χ3v) is 4.60.